The standard InChI is InChI=1S/C22H20N2O3.C7H16/c1-14(2)7-8-15-9-11-17(12-10-15)23-24-20-18-6-4-3-5-16(18)13-19(21(20)25)22(26)27;1-4-5-6-7(2)3/h3-6,9-13,25H,1,7-8H2,2H3,(H,26,27);7H,4-6H2,1-3H3. The van der Waals surface area contributed by atoms with Gasteiger partial charge in [-0.2, -0.15) is 5.11 Å². The second-order valence-corrected chi connectivity index (χ2v) is 9.01. The molecule has 3 aromatic carbocycles. The van der Waals surface area contributed by atoms with Gasteiger partial charge in [0.15, 0.2) is 5.75 Å². The van der Waals surface area contributed by atoms with E-state index in [0.717, 1.165) is 24.3 Å². The molecule has 3 rings (SSSR count). The quantitative estimate of drug-likeness (QED) is 0.247. The van der Waals surface area contributed by atoms with Crippen LogP contribution in [0.2, 0.25) is 0 Å². The van der Waals surface area contributed by atoms with E-state index < -0.39 is 5.97 Å². The normalized spacial score (nSPS) is 11.0. The van der Waals surface area contributed by atoms with E-state index in [4.69, 9.17) is 0 Å². The first kappa shape index (κ1) is 26.8. The van der Waals surface area contributed by atoms with Gasteiger partial charge >= 0.3 is 5.97 Å². The van der Waals surface area contributed by atoms with E-state index >= 15 is 0 Å². The van der Waals surface area contributed by atoms with Gasteiger partial charge < -0.3 is 10.2 Å². The second-order valence-electron chi connectivity index (χ2n) is 9.01. The number of rotatable bonds is 9. The van der Waals surface area contributed by atoms with Crippen LogP contribution in [-0.2, 0) is 6.42 Å². The molecule has 0 bridgehead atoms. The molecule has 180 valence electrons. The maximum atomic E-state index is 11.4. The summed E-state index contributed by atoms with van der Waals surface area (Å²) in [6, 6.07) is 16.2. The molecule has 0 radical (unpaired) electrons. The minimum Gasteiger partial charge on any atom is -0.505 e. The van der Waals surface area contributed by atoms with Crippen molar-refractivity contribution in [1.29, 1.82) is 0 Å². The van der Waals surface area contributed by atoms with Crippen LogP contribution < -0.4 is 0 Å². The number of carbonyl (C=O) groups is 1. The minimum absolute atomic E-state index is 0.150. The lowest BCUT2D eigenvalue weighted by Crippen LogP contribution is -1.97. The largest absolute Gasteiger partial charge is 0.505 e. The van der Waals surface area contributed by atoms with Gasteiger partial charge in [-0.3, -0.25) is 0 Å². The fourth-order valence-electron chi connectivity index (χ4n) is 3.39. The maximum Gasteiger partial charge on any atom is 0.339 e. The number of fused-ring (bicyclic) bond motifs is 1. The number of phenols is 1. The van der Waals surface area contributed by atoms with Gasteiger partial charge in [-0.15, -0.1) is 11.7 Å². The van der Waals surface area contributed by atoms with Crippen LogP contribution in [0.15, 0.2) is 77.0 Å². The highest BCUT2D eigenvalue weighted by Crippen LogP contribution is 2.39. The summed E-state index contributed by atoms with van der Waals surface area (Å²) in [7, 11) is 0. The van der Waals surface area contributed by atoms with Crippen molar-refractivity contribution in [1.82, 2.24) is 0 Å². The van der Waals surface area contributed by atoms with E-state index in [0.29, 0.717) is 16.5 Å². The molecule has 0 saturated heterocycles. The van der Waals surface area contributed by atoms with E-state index in [-0.39, 0.29) is 17.0 Å². The fourth-order valence-corrected chi connectivity index (χ4v) is 3.39. The van der Waals surface area contributed by atoms with E-state index in [2.05, 4.69) is 37.6 Å². The maximum absolute atomic E-state index is 11.4. The average Bonchev–Trinajstić information content (AvgIpc) is 2.81. The van der Waals surface area contributed by atoms with Crippen molar-refractivity contribution in [3.63, 3.8) is 0 Å². The van der Waals surface area contributed by atoms with Crippen LogP contribution in [0.1, 0.15) is 69.3 Å². The molecule has 0 aromatic heterocycles. The Morgan fingerprint density at radius 3 is 2.29 bits per heavy atom. The number of unbranched alkanes of at least 4 members (excludes halogenated alkanes) is 1. The third-order valence-electron chi connectivity index (χ3n) is 5.40. The first-order valence-electron chi connectivity index (χ1n) is 11.9. The van der Waals surface area contributed by atoms with E-state index in [1.165, 1.54) is 30.9 Å². The molecule has 0 amide bonds. The first-order valence-corrected chi connectivity index (χ1v) is 11.9. The predicted octanol–water partition coefficient (Wildman–Crippen LogP) is 9.00. The molecule has 5 nitrogen and oxygen atoms in total. The van der Waals surface area contributed by atoms with Gasteiger partial charge in [0.1, 0.15) is 11.3 Å². The number of benzene rings is 3. The molecule has 0 atom stereocenters. The van der Waals surface area contributed by atoms with Gasteiger partial charge in [0.05, 0.1) is 5.69 Å². The fraction of sp³-hybridized carbons (Fsp3) is 0.345. The number of carboxylic acids is 1. The number of hydrogen-bond acceptors (Lipinski definition) is 4. The molecule has 0 aliphatic carbocycles. The number of azo groups is 1. The highest BCUT2D eigenvalue weighted by molar-refractivity contribution is 6.04. The Hall–Kier alpha value is -3.47. The number of aryl methyl sites for hydroxylation is 1. The summed E-state index contributed by atoms with van der Waals surface area (Å²) in [5.41, 5.74) is 2.89. The number of aromatic carboxylic acids is 1. The van der Waals surface area contributed by atoms with Crippen LogP contribution >= 0.6 is 0 Å². The molecule has 0 unspecified atom stereocenters. The highest BCUT2D eigenvalue weighted by Gasteiger charge is 2.17. The van der Waals surface area contributed by atoms with Crippen molar-refractivity contribution >= 4 is 28.1 Å². The van der Waals surface area contributed by atoms with Crippen LogP contribution in [0.5, 0.6) is 5.75 Å². The Morgan fingerprint density at radius 2 is 1.74 bits per heavy atom. The van der Waals surface area contributed by atoms with Crippen molar-refractivity contribution in [2.24, 2.45) is 16.1 Å². The summed E-state index contributed by atoms with van der Waals surface area (Å²) in [5.74, 6) is -0.695. The zero-order valence-corrected chi connectivity index (χ0v) is 20.7. The van der Waals surface area contributed by atoms with Gasteiger partial charge in [-0.05, 0) is 54.8 Å². The van der Waals surface area contributed by atoms with E-state index in [1.54, 1.807) is 24.3 Å². The molecule has 0 heterocycles. The molecule has 2 N–H and O–H groups in total. The number of aromatic hydroxyl groups is 1. The molecular formula is C29H36N2O3. The Labute approximate surface area is 202 Å². The first-order chi connectivity index (χ1) is 16.2. The van der Waals surface area contributed by atoms with Gasteiger partial charge in [0.2, 0.25) is 0 Å². The van der Waals surface area contributed by atoms with Gasteiger partial charge in [-0.25, -0.2) is 4.79 Å². The summed E-state index contributed by atoms with van der Waals surface area (Å²) in [5, 5.41) is 29.3. The Bertz CT molecular complexity index is 1130. The number of allylic oxidation sites excluding steroid dienone is 1. The molecule has 3 aromatic rings. The predicted molar refractivity (Wildman–Crippen MR) is 141 cm³/mol. The second kappa shape index (κ2) is 13.3. The Morgan fingerprint density at radius 1 is 1.06 bits per heavy atom. The van der Waals surface area contributed by atoms with E-state index in [1.807, 2.05) is 31.2 Å². The molecule has 0 saturated carbocycles. The van der Waals surface area contributed by atoms with Crippen LogP contribution in [-0.4, -0.2) is 16.2 Å². The molecular weight excluding hydrogens is 424 g/mol. The van der Waals surface area contributed by atoms with Gasteiger partial charge in [0.25, 0.3) is 0 Å². The lowest BCUT2D eigenvalue weighted by molar-refractivity contribution is 0.0694. The summed E-state index contributed by atoms with van der Waals surface area (Å²) >= 11 is 0. The summed E-state index contributed by atoms with van der Waals surface area (Å²) in [6.45, 7) is 12.7. The van der Waals surface area contributed by atoms with Gasteiger partial charge in [-0.1, -0.05) is 82.0 Å². The van der Waals surface area contributed by atoms with Crippen LogP contribution in [0.25, 0.3) is 10.8 Å². The van der Waals surface area contributed by atoms with Crippen LogP contribution in [0.3, 0.4) is 0 Å². The lowest BCUT2D eigenvalue weighted by atomic mass is 10.0. The smallest absolute Gasteiger partial charge is 0.339 e. The summed E-state index contributed by atoms with van der Waals surface area (Å²) in [6.07, 6.45) is 5.99. The topological polar surface area (TPSA) is 82.2 Å². The zero-order chi connectivity index (χ0) is 25.1. The number of carboxylic acid groups (broad SMARTS) is 1. The van der Waals surface area contributed by atoms with E-state index in [9.17, 15) is 15.0 Å². The van der Waals surface area contributed by atoms with Crippen molar-refractivity contribution < 1.29 is 15.0 Å². The lowest BCUT2D eigenvalue weighted by Gasteiger charge is -2.07. The van der Waals surface area contributed by atoms with Gasteiger partial charge in [0, 0.05) is 5.39 Å². The molecule has 0 spiro atoms. The van der Waals surface area contributed by atoms with Crippen molar-refractivity contribution in [2.75, 3.05) is 0 Å². The summed E-state index contributed by atoms with van der Waals surface area (Å²) < 4.78 is 0. The molecule has 5 heteroatoms. The zero-order valence-electron chi connectivity index (χ0n) is 20.7. The Kier molecular flexibility index (Phi) is 10.5. The minimum atomic E-state index is -1.21. The molecule has 0 aliphatic heterocycles. The van der Waals surface area contributed by atoms with Crippen molar-refractivity contribution in [3.05, 3.63) is 77.9 Å². The average molecular weight is 461 g/mol. The SMILES string of the molecule is C=C(C)CCc1ccc(N=Nc2c(O)c(C(=O)O)cc3ccccc23)cc1.CCCCC(C)C. The van der Waals surface area contributed by atoms with Crippen LogP contribution in [0, 0.1) is 5.92 Å². The molecule has 34 heavy (non-hydrogen) atoms. The molecule has 0 fully saturated rings. The third-order valence-corrected chi connectivity index (χ3v) is 5.40. The Balaban J connectivity index is 0.000000509. The summed E-state index contributed by atoms with van der Waals surface area (Å²) in [4.78, 5) is 11.4. The van der Waals surface area contributed by atoms with Crippen LogP contribution in [0.4, 0.5) is 11.4 Å². The van der Waals surface area contributed by atoms with Crippen molar-refractivity contribution in [2.45, 2.75) is 59.8 Å². The molecule has 0 aliphatic rings. The van der Waals surface area contributed by atoms with Crippen molar-refractivity contribution in [3.8, 4) is 5.75 Å². The monoisotopic (exact) mass is 460 g/mol. The number of nitrogens with zero attached hydrogens (tertiary/aromatic N) is 2. The number of hydrogen-bond donors (Lipinski definition) is 2. The highest BCUT2D eigenvalue weighted by atomic mass is 16.4. The third kappa shape index (κ3) is 8.14.